The maximum Gasteiger partial charge on any atom is 0.449 e. The van der Waals surface area contributed by atoms with E-state index in [4.69, 9.17) is 9.84 Å². The molecular formula is C23H23F6N5O5. The highest BCUT2D eigenvalue weighted by Gasteiger charge is 2.42. The third kappa shape index (κ3) is 6.26. The Labute approximate surface area is 217 Å². The summed E-state index contributed by atoms with van der Waals surface area (Å²) in [7, 11) is 0. The zero-order valence-corrected chi connectivity index (χ0v) is 20.2. The molecule has 16 heteroatoms. The van der Waals surface area contributed by atoms with Gasteiger partial charge in [0.05, 0.1) is 25.5 Å². The van der Waals surface area contributed by atoms with Crippen LogP contribution >= 0.6 is 0 Å². The van der Waals surface area contributed by atoms with E-state index in [0.717, 1.165) is 9.47 Å². The van der Waals surface area contributed by atoms with Crippen LogP contribution in [0.5, 0.6) is 0 Å². The number of carbonyl (C=O) groups excluding carboxylic acids is 2. The Balaban J connectivity index is 1.56. The lowest BCUT2D eigenvalue weighted by Crippen LogP contribution is -2.45. The van der Waals surface area contributed by atoms with Crippen molar-refractivity contribution in [2.75, 3.05) is 32.8 Å². The van der Waals surface area contributed by atoms with Crippen molar-refractivity contribution in [1.82, 2.24) is 24.7 Å². The van der Waals surface area contributed by atoms with Gasteiger partial charge in [0, 0.05) is 44.7 Å². The molecule has 2 aromatic rings. The van der Waals surface area contributed by atoms with Gasteiger partial charge in [-0.15, -0.1) is 0 Å². The molecular weight excluding hydrogens is 540 g/mol. The van der Waals surface area contributed by atoms with E-state index in [1.54, 1.807) is 0 Å². The van der Waals surface area contributed by atoms with Crippen LogP contribution in [0.1, 0.15) is 34.0 Å². The van der Waals surface area contributed by atoms with Gasteiger partial charge in [-0.25, -0.2) is 22.9 Å². The number of hydrogen-bond donors (Lipinski definition) is 2. The minimum absolute atomic E-state index is 0.132. The second kappa shape index (κ2) is 11.1. The van der Waals surface area contributed by atoms with Crippen molar-refractivity contribution in [3.05, 3.63) is 52.4 Å². The lowest BCUT2D eigenvalue weighted by molar-refractivity contribution is -0.148. The lowest BCUT2D eigenvalue weighted by atomic mass is 10.0. The summed E-state index contributed by atoms with van der Waals surface area (Å²) in [6, 6.07) is -0.435. The van der Waals surface area contributed by atoms with E-state index in [1.807, 2.05) is 5.32 Å². The van der Waals surface area contributed by atoms with Gasteiger partial charge in [-0.2, -0.15) is 13.2 Å². The number of carboxylic acid groups (broad SMARTS) is 1. The number of carbonyl (C=O) groups is 3. The molecule has 0 aliphatic carbocycles. The van der Waals surface area contributed by atoms with Crippen LogP contribution in [0.2, 0.25) is 0 Å². The molecule has 0 unspecified atom stereocenters. The van der Waals surface area contributed by atoms with Gasteiger partial charge in [0.1, 0.15) is 5.82 Å². The SMILES string of the molecule is O=C(O)N[C@@H](CC(=O)N1CCn2c(C(F)(F)F)nc(C(=O)N3CCOCC3)c2C1)Cc1cc(F)c(F)cc1F. The first-order valence-electron chi connectivity index (χ1n) is 11.8. The van der Waals surface area contributed by atoms with Crippen LogP contribution in [0, 0.1) is 17.5 Å². The van der Waals surface area contributed by atoms with Crippen LogP contribution in [-0.4, -0.2) is 81.3 Å². The maximum atomic E-state index is 14.1. The smallest absolute Gasteiger partial charge is 0.449 e. The molecule has 1 atom stereocenters. The second-order valence-electron chi connectivity index (χ2n) is 9.01. The number of aromatic nitrogens is 2. The van der Waals surface area contributed by atoms with Crippen LogP contribution < -0.4 is 5.32 Å². The topological polar surface area (TPSA) is 117 Å². The van der Waals surface area contributed by atoms with Gasteiger partial charge in [-0.1, -0.05) is 0 Å². The zero-order valence-electron chi connectivity index (χ0n) is 20.2. The number of nitrogens with one attached hydrogen (secondary N) is 1. The molecule has 1 aromatic heterocycles. The predicted molar refractivity (Wildman–Crippen MR) is 119 cm³/mol. The Morgan fingerprint density at radius 3 is 2.31 bits per heavy atom. The molecule has 1 saturated heterocycles. The second-order valence-corrected chi connectivity index (χ2v) is 9.01. The quantitative estimate of drug-likeness (QED) is 0.412. The number of morpholine rings is 1. The monoisotopic (exact) mass is 563 g/mol. The molecule has 0 bridgehead atoms. The first-order chi connectivity index (χ1) is 18.3. The normalized spacial score (nSPS) is 16.6. The van der Waals surface area contributed by atoms with Crippen LogP contribution in [0.25, 0.3) is 0 Å². The Bertz CT molecular complexity index is 1280. The highest BCUT2D eigenvalue weighted by Crippen LogP contribution is 2.33. The number of rotatable bonds is 6. The number of hydrogen-bond acceptors (Lipinski definition) is 5. The highest BCUT2D eigenvalue weighted by atomic mass is 19.4. The average Bonchev–Trinajstić information content (AvgIpc) is 3.26. The molecule has 2 aliphatic heterocycles. The molecule has 212 valence electrons. The van der Waals surface area contributed by atoms with Gasteiger partial charge >= 0.3 is 12.3 Å². The molecule has 4 rings (SSSR count). The molecule has 2 aliphatic rings. The summed E-state index contributed by atoms with van der Waals surface area (Å²) < 4.78 is 88.1. The van der Waals surface area contributed by atoms with Gasteiger partial charge in [0.15, 0.2) is 17.3 Å². The molecule has 2 N–H and O–H groups in total. The van der Waals surface area contributed by atoms with E-state index in [1.165, 1.54) is 4.90 Å². The van der Waals surface area contributed by atoms with Crippen molar-refractivity contribution >= 4 is 17.9 Å². The zero-order chi connectivity index (χ0) is 28.5. The first-order valence-corrected chi connectivity index (χ1v) is 11.8. The third-order valence-electron chi connectivity index (χ3n) is 6.42. The Morgan fingerprint density at radius 2 is 1.67 bits per heavy atom. The minimum atomic E-state index is -4.87. The average molecular weight is 563 g/mol. The fourth-order valence-electron chi connectivity index (χ4n) is 4.56. The molecule has 0 saturated carbocycles. The minimum Gasteiger partial charge on any atom is -0.465 e. The van der Waals surface area contributed by atoms with Gasteiger partial charge in [0.2, 0.25) is 11.7 Å². The van der Waals surface area contributed by atoms with Crippen molar-refractivity contribution in [3.8, 4) is 0 Å². The van der Waals surface area contributed by atoms with Gasteiger partial charge < -0.3 is 29.5 Å². The summed E-state index contributed by atoms with van der Waals surface area (Å²) in [5, 5.41) is 11.2. The summed E-state index contributed by atoms with van der Waals surface area (Å²) in [5.74, 6) is -6.70. The lowest BCUT2D eigenvalue weighted by Gasteiger charge is -2.31. The number of benzene rings is 1. The molecule has 10 nitrogen and oxygen atoms in total. The molecule has 1 fully saturated rings. The van der Waals surface area contributed by atoms with Crippen LogP contribution in [0.4, 0.5) is 31.1 Å². The van der Waals surface area contributed by atoms with Crippen molar-refractivity contribution in [2.24, 2.45) is 0 Å². The Hall–Kier alpha value is -3.82. The number of halogens is 6. The molecule has 1 aromatic carbocycles. The summed E-state index contributed by atoms with van der Waals surface area (Å²) in [4.78, 5) is 43.4. The highest BCUT2D eigenvalue weighted by molar-refractivity contribution is 5.94. The van der Waals surface area contributed by atoms with Crippen molar-refractivity contribution in [1.29, 1.82) is 0 Å². The van der Waals surface area contributed by atoms with Crippen LogP contribution in [-0.2, 0) is 35.2 Å². The number of ether oxygens (including phenoxy) is 1. The van der Waals surface area contributed by atoms with E-state index in [2.05, 4.69) is 4.98 Å². The molecule has 39 heavy (non-hydrogen) atoms. The maximum absolute atomic E-state index is 14.1. The van der Waals surface area contributed by atoms with E-state index in [-0.39, 0.29) is 50.7 Å². The molecule has 3 amide bonds. The van der Waals surface area contributed by atoms with E-state index in [0.29, 0.717) is 12.1 Å². The molecule has 3 heterocycles. The van der Waals surface area contributed by atoms with Crippen LogP contribution in [0.15, 0.2) is 12.1 Å². The fourth-order valence-corrected chi connectivity index (χ4v) is 4.56. The standard InChI is InChI=1S/C23H23F6N5O5/c24-14-10-16(26)15(25)8-12(14)7-13(30-22(37)38)9-18(35)33-1-2-34-17(11-33)19(31-21(34)23(27,28)29)20(36)32-3-5-39-6-4-32/h8,10,13,30H,1-7,9,11H2,(H,37,38)/t13-/m1/s1. The number of alkyl halides is 3. The molecule has 0 radical (unpaired) electrons. The summed E-state index contributed by atoms with van der Waals surface area (Å²) in [5.41, 5.74) is -0.969. The number of nitrogens with zero attached hydrogens (tertiary/aromatic N) is 4. The van der Waals surface area contributed by atoms with E-state index < -0.39 is 78.5 Å². The first kappa shape index (κ1) is 28.2. The summed E-state index contributed by atoms with van der Waals surface area (Å²) in [6.07, 6.45) is -7.51. The van der Waals surface area contributed by atoms with E-state index in [9.17, 15) is 40.7 Å². The number of amides is 3. The Morgan fingerprint density at radius 1 is 1.00 bits per heavy atom. The largest absolute Gasteiger partial charge is 0.465 e. The van der Waals surface area contributed by atoms with Crippen molar-refractivity contribution in [2.45, 2.75) is 38.1 Å². The Kier molecular flexibility index (Phi) is 8.04. The van der Waals surface area contributed by atoms with Crippen molar-refractivity contribution in [3.63, 3.8) is 0 Å². The fraction of sp³-hybridized carbons (Fsp3) is 0.478. The number of fused-ring (bicyclic) bond motifs is 1. The van der Waals surface area contributed by atoms with Crippen LogP contribution in [0.3, 0.4) is 0 Å². The van der Waals surface area contributed by atoms with Gasteiger partial charge in [-0.3, -0.25) is 9.59 Å². The summed E-state index contributed by atoms with van der Waals surface area (Å²) >= 11 is 0. The summed E-state index contributed by atoms with van der Waals surface area (Å²) in [6.45, 7) is -0.267. The van der Waals surface area contributed by atoms with E-state index >= 15 is 0 Å². The van der Waals surface area contributed by atoms with Crippen molar-refractivity contribution < 1.29 is 50.6 Å². The predicted octanol–water partition coefficient (Wildman–Crippen LogP) is 2.40. The van der Waals surface area contributed by atoms with Gasteiger partial charge in [0.25, 0.3) is 5.91 Å². The third-order valence-corrected chi connectivity index (χ3v) is 6.42. The number of imidazole rings is 1. The molecule has 0 spiro atoms. The van der Waals surface area contributed by atoms with Gasteiger partial charge in [-0.05, 0) is 18.1 Å².